The van der Waals surface area contributed by atoms with Crippen LogP contribution in [0.3, 0.4) is 0 Å². The van der Waals surface area contributed by atoms with E-state index in [2.05, 4.69) is 10.2 Å². The number of nitrogens with zero attached hydrogens (tertiary/aromatic N) is 1. The summed E-state index contributed by atoms with van der Waals surface area (Å²) >= 11 is 0. The van der Waals surface area contributed by atoms with E-state index in [1.54, 1.807) is 0 Å². The SMILES string of the molecule is COCC1CCN(C2CCCCNC2)C1. The van der Waals surface area contributed by atoms with Crippen LogP contribution in [0.5, 0.6) is 0 Å². The van der Waals surface area contributed by atoms with Gasteiger partial charge in [0.15, 0.2) is 0 Å². The molecular formula is C12H24N2O. The molecule has 88 valence electrons. The van der Waals surface area contributed by atoms with E-state index in [4.69, 9.17) is 4.74 Å². The molecule has 0 aliphatic carbocycles. The van der Waals surface area contributed by atoms with E-state index in [0.29, 0.717) is 0 Å². The van der Waals surface area contributed by atoms with Gasteiger partial charge >= 0.3 is 0 Å². The van der Waals surface area contributed by atoms with Gasteiger partial charge in [-0.1, -0.05) is 6.42 Å². The lowest BCUT2D eigenvalue weighted by Gasteiger charge is -2.26. The van der Waals surface area contributed by atoms with Crippen molar-refractivity contribution in [3.8, 4) is 0 Å². The molecule has 2 unspecified atom stereocenters. The number of methoxy groups -OCH3 is 1. The molecule has 2 fully saturated rings. The first kappa shape index (κ1) is 11.4. The predicted molar refractivity (Wildman–Crippen MR) is 62.1 cm³/mol. The van der Waals surface area contributed by atoms with Crippen molar-refractivity contribution >= 4 is 0 Å². The molecule has 2 rings (SSSR count). The van der Waals surface area contributed by atoms with Gasteiger partial charge in [0.1, 0.15) is 0 Å². The van der Waals surface area contributed by atoms with Crippen LogP contribution in [0.1, 0.15) is 25.7 Å². The molecule has 1 N–H and O–H groups in total. The van der Waals surface area contributed by atoms with Crippen LogP contribution in [0.2, 0.25) is 0 Å². The molecular weight excluding hydrogens is 188 g/mol. The molecule has 2 saturated heterocycles. The molecule has 0 spiro atoms. The standard InChI is InChI=1S/C12H24N2O/c1-15-10-11-5-7-14(9-11)12-4-2-3-6-13-8-12/h11-13H,2-10H2,1H3. The molecule has 0 saturated carbocycles. The Hall–Kier alpha value is -0.120. The smallest absolute Gasteiger partial charge is 0.0503 e. The topological polar surface area (TPSA) is 24.5 Å². The lowest BCUT2D eigenvalue weighted by molar-refractivity contribution is 0.145. The molecule has 0 radical (unpaired) electrons. The van der Waals surface area contributed by atoms with Gasteiger partial charge in [-0.25, -0.2) is 0 Å². The Labute approximate surface area is 93.2 Å². The zero-order valence-electron chi connectivity index (χ0n) is 9.87. The fourth-order valence-corrected chi connectivity index (χ4v) is 2.88. The van der Waals surface area contributed by atoms with Gasteiger partial charge in [-0.2, -0.15) is 0 Å². The second-order valence-corrected chi connectivity index (χ2v) is 4.96. The van der Waals surface area contributed by atoms with Crippen LogP contribution in [0.4, 0.5) is 0 Å². The zero-order valence-corrected chi connectivity index (χ0v) is 9.87. The number of hydrogen-bond donors (Lipinski definition) is 1. The molecule has 0 aromatic rings. The molecule has 2 heterocycles. The summed E-state index contributed by atoms with van der Waals surface area (Å²) in [5.41, 5.74) is 0. The summed E-state index contributed by atoms with van der Waals surface area (Å²) in [6, 6.07) is 0.786. The van der Waals surface area contributed by atoms with Gasteiger partial charge in [0.2, 0.25) is 0 Å². The maximum Gasteiger partial charge on any atom is 0.0503 e. The second kappa shape index (κ2) is 5.83. The molecule has 0 aromatic carbocycles. The van der Waals surface area contributed by atoms with Gasteiger partial charge in [0, 0.05) is 26.2 Å². The van der Waals surface area contributed by atoms with Crippen LogP contribution in [0.15, 0.2) is 0 Å². The highest BCUT2D eigenvalue weighted by atomic mass is 16.5. The second-order valence-electron chi connectivity index (χ2n) is 4.96. The van der Waals surface area contributed by atoms with Crippen LogP contribution in [0, 0.1) is 5.92 Å². The van der Waals surface area contributed by atoms with Crippen molar-refractivity contribution in [3.63, 3.8) is 0 Å². The molecule has 3 heteroatoms. The predicted octanol–water partition coefficient (Wildman–Crippen LogP) is 1.10. The Morgan fingerprint density at radius 3 is 3.13 bits per heavy atom. The van der Waals surface area contributed by atoms with Crippen LogP contribution < -0.4 is 5.32 Å². The minimum Gasteiger partial charge on any atom is -0.384 e. The lowest BCUT2D eigenvalue weighted by Crippen LogP contribution is -2.40. The molecule has 0 aromatic heterocycles. The Morgan fingerprint density at radius 1 is 1.33 bits per heavy atom. The maximum atomic E-state index is 5.24. The summed E-state index contributed by atoms with van der Waals surface area (Å²) < 4.78 is 5.24. The third kappa shape index (κ3) is 3.16. The van der Waals surface area contributed by atoms with Crippen molar-refractivity contribution < 1.29 is 4.74 Å². The molecule has 3 nitrogen and oxygen atoms in total. The number of hydrogen-bond acceptors (Lipinski definition) is 3. The van der Waals surface area contributed by atoms with E-state index in [0.717, 1.165) is 18.6 Å². The fourth-order valence-electron chi connectivity index (χ4n) is 2.88. The van der Waals surface area contributed by atoms with E-state index in [1.165, 1.54) is 51.9 Å². The summed E-state index contributed by atoms with van der Waals surface area (Å²) in [6.45, 7) is 5.88. The van der Waals surface area contributed by atoms with Crippen LogP contribution >= 0.6 is 0 Å². The first-order valence-electron chi connectivity index (χ1n) is 6.34. The van der Waals surface area contributed by atoms with E-state index in [-0.39, 0.29) is 0 Å². The first-order chi connectivity index (χ1) is 7.40. The lowest BCUT2D eigenvalue weighted by atomic mass is 10.1. The van der Waals surface area contributed by atoms with Crippen molar-refractivity contribution in [2.75, 3.05) is 39.9 Å². The third-order valence-corrected chi connectivity index (χ3v) is 3.76. The highest BCUT2D eigenvalue weighted by Gasteiger charge is 2.28. The van der Waals surface area contributed by atoms with Gasteiger partial charge in [-0.05, 0) is 38.3 Å². The summed E-state index contributed by atoms with van der Waals surface area (Å²) in [7, 11) is 1.82. The average molecular weight is 212 g/mol. The number of ether oxygens (including phenoxy) is 1. The normalized spacial score (nSPS) is 34.2. The quantitative estimate of drug-likeness (QED) is 0.758. The average Bonchev–Trinajstić information content (AvgIpc) is 2.53. The maximum absolute atomic E-state index is 5.24. The third-order valence-electron chi connectivity index (χ3n) is 3.76. The Balaban J connectivity index is 1.78. The number of nitrogens with one attached hydrogen (secondary N) is 1. The summed E-state index contributed by atoms with van der Waals surface area (Å²) in [4.78, 5) is 2.67. The molecule has 0 amide bonds. The van der Waals surface area contributed by atoms with Crippen molar-refractivity contribution in [1.82, 2.24) is 10.2 Å². The van der Waals surface area contributed by atoms with E-state index < -0.39 is 0 Å². The van der Waals surface area contributed by atoms with Gasteiger partial charge < -0.3 is 10.1 Å². The van der Waals surface area contributed by atoms with Crippen LogP contribution in [0.25, 0.3) is 0 Å². The van der Waals surface area contributed by atoms with E-state index in [1.807, 2.05) is 7.11 Å². The van der Waals surface area contributed by atoms with Crippen molar-refractivity contribution in [3.05, 3.63) is 0 Å². The van der Waals surface area contributed by atoms with Crippen molar-refractivity contribution in [2.24, 2.45) is 5.92 Å². The van der Waals surface area contributed by atoms with Crippen molar-refractivity contribution in [2.45, 2.75) is 31.7 Å². The molecule has 2 aliphatic heterocycles. The molecule has 15 heavy (non-hydrogen) atoms. The molecule has 2 atom stereocenters. The first-order valence-corrected chi connectivity index (χ1v) is 6.34. The Bertz CT molecular complexity index is 178. The van der Waals surface area contributed by atoms with Crippen LogP contribution in [-0.4, -0.2) is 50.8 Å². The minimum absolute atomic E-state index is 0.776. The van der Waals surface area contributed by atoms with Crippen molar-refractivity contribution in [1.29, 1.82) is 0 Å². The molecule has 0 bridgehead atoms. The van der Waals surface area contributed by atoms with E-state index >= 15 is 0 Å². The zero-order chi connectivity index (χ0) is 10.5. The molecule has 2 aliphatic rings. The Morgan fingerprint density at radius 2 is 2.27 bits per heavy atom. The summed E-state index contributed by atoms with van der Waals surface area (Å²) in [6.07, 6.45) is 5.45. The Kier molecular flexibility index (Phi) is 4.42. The van der Waals surface area contributed by atoms with Crippen LogP contribution in [-0.2, 0) is 4.74 Å². The largest absolute Gasteiger partial charge is 0.384 e. The number of rotatable bonds is 3. The summed E-state index contributed by atoms with van der Waals surface area (Å²) in [5.74, 6) is 0.776. The van der Waals surface area contributed by atoms with Gasteiger partial charge in [-0.15, -0.1) is 0 Å². The fraction of sp³-hybridized carbons (Fsp3) is 1.00. The summed E-state index contributed by atoms with van der Waals surface area (Å²) in [5, 5.41) is 3.55. The monoisotopic (exact) mass is 212 g/mol. The van der Waals surface area contributed by atoms with E-state index in [9.17, 15) is 0 Å². The van der Waals surface area contributed by atoms with Gasteiger partial charge in [0.25, 0.3) is 0 Å². The number of likely N-dealkylation sites (tertiary alicyclic amines) is 1. The highest BCUT2D eigenvalue weighted by Crippen LogP contribution is 2.21. The van der Waals surface area contributed by atoms with Gasteiger partial charge in [-0.3, -0.25) is 4.90 Å². The minimum atomic E-state index is 0.776. The highest BCUT2D eigenvalue weighted by molar-refractivity contribution is 4.83. The van der Waals surface area contributed by atoms with Gasteiger partial charge in [0.05, 0.1) is 6.61 Å².